The highest BCUT2D eigenvalue weighted by atomic mass is 35.5. The number of ketones is 3. The van der Waals surface area contributed by atoms with Gasteiger partial charge in [-0.2, -0.15) is 0 Å². The minimum Gasteiger partial charge on any atom is -0.352 e. The maximum atomic E-state index is 14.6. The van der Waals surface area contributed by atoms with Crippen molar-refractivity contribution >= 4 is 52.3 Å². The fourth-order valence-electron chi connectivity index (χ4n) is 6.81. The predicted molar refractivity (Wildman–Crippen MR) is 153 cm³/mol. The number of fused-ring (bicyclic) bond motifs is 5. The molecule has 0 bridgehead atoms. The van der Waals surface area contributed by atoms with Gasteiger partial charge in [0.15, 0.2) is 17.3 Å². The van der Waals surface area contributed by atoms with E-state index in [2.05, 4.69) is 0 Å². The first-order chi connectivity index (χ1) is 19.3. The molecule has 2 aliphatic heterocycles. The molecule has 1 saturated heterocycles. The van der Waals surface area contributed by atoms with Crippen molar-refractivity contribution in [3.63, 3.8) is 0 Å². The third-order valence-electron chi connectivity index (χ3n) is 8.37. The van der Waals surface area contributed by atoms with Crippen LogP contribution in [0.2, 0.25) is 10.0 Å². The topological polar surface area (TPSA) is 54.5 Å². The van der Waals surface area contributed by atoms with Crippen LogP contribution >= 0.6 is 23.2 Å². The number of halogens is 3. The van der Waals surface area contributed by atoms with Crippen LogP contribution in [0.25, 0.3) is 6.08 Å². The molecule has 7 heteroatoms. The quantitative estimate of drug-likeness (QED) is 0.190. The van der Waals surface area contributed by atoms with E-state index >= 15 is 0 Å². The van der Waals surface area contributed by atoms with E-state index in [1.54, 1.807) is 91.0 Å². The van der Waals surface area contributed by atoms with E-state index in [0.29, 0.717) is 43.5 Å². The van der Waals surface area contributed by atoms with Gasteiger partial charge in [0.05, 0.1) is 6.04 Å². The first kappa shape index (κ1) is 24.9. The van der Waals surface area contributed by atoms with Crippen LogP contribution in [0, 0.1) is 11.2 Å². The highest BCUT2D eigenvalue weighted by Crippen LogP contribution is 2.61. The van der Waals surface area contributed by atoms with Gasteiger partial charge in [-0.15, -0.1) is 0 Å². The van der Waals surface area contributed by atoms with Crippen molar-refractivity contribution in [1.29, 1.82) is 0 Å². The summed E-state index contributed by atoms with van der Waals surface area (Å²) in [7, 11) is 0. The van der Waals surface area contributed by atoms with Crippen molar-refractivity contribution < 1.29 is 18.8 Å². The zero-order valence-electron chi connectivity index (χ0n) is 20.9. The second kappa shape index (κ2) is 8.98. The van der Waals surface area contributed by atoms with Crippen LogP contribution in [0.5, 0.6) is 0 Å². The molecule has 2 heterocycles. The van der Waals surface area contributed by atoms with Crippen LogP contribution < -0.4 is 4.90 Å². The minimum atomic E-state index is -1.65. The van der Waals surface area contributed by atoms with Crippen molar-refractivity contribution in [2.24, 2.45) is 5.41 Å². The number of hydrogen-bond donors (Lipinski definition) is 0. The van der Waals surface area contributed by atoms with Crippen molar-refractivity contribution in [1.82, 2.24) is 0 Å². The second-order valence-electron chi connectivity index (χ2n) is 10.3. The molecule has 0 unspecified atom stereocenters. The Morgan fingerprint density at radius 2 is 1.50 bits per heavy atom. The van der Waals surface area contributed by atoms with Gasteiger partial charge in [0.1, 0.15) is 17.3 Å². The highest BCUT2D eigenvalue weighted by molar-refractivity contribution is 6.33. The third kappa shape index (κ3) is 3.34. The molecule has 0 N–H and O–H groups in total. The summed E-state index contributed by atoms with van der Waals surface area (Å²) in [5, 5.41) is 0.894. The summed E-state index contributed by atoms with van der Waals surface area (Å²) >= 11 is 12.6. The molecule has 1 fully saturated rings. The van der Waals surface area contributed by atoms with Gasteiger partial charge in [0.25, 0.3) is 0 Å². The molecule has 4 aromatic carbocycles. The number of rotatable bonds is 3. The van der Waals surface area contributed by atoms with Gasteiger partial charge < -0.3 is 4.90 Å². The lowest BCUT2D eigenvalue weighted by molar-refractivity contribution is 0.0666. The van der Waals surface area contributed by atoms with Gasteiger partial charge in [-0.25, -0.2) is 4.39 Å². The molecule has 0 radical (unpaired) electrons. The zero-order valence-corrected chi connectivity index (χ0v) is 22.4. The lowest BCUT2D eigenvalue weighted by Gasteiger charge is -2.37. The van der Waals surface area contributed by atoms with Crippen molar-refractivity contribution in [2.45, 2.75) is 18.0 Å². The van der Waals surface area contributed by atoms with Crippen molar-refractivity contribution in [3.05, 3.63) is 141 Å². The van der Waals surface area contributed by atoms with Crippen molar-refractivity contribution in [2.75, 3.05) is 4.90 Å². The van der Waals surface area contributed by atoms with Crippen LogP contribution in [-0.2, 0) is 0 Å². The van der Waals surface area contributed by atoms with Gasteiger partial charge in [0.2, 0.25) is 0 Å². The standard InChI is InChI=1S/C33H20Cl2FNO3/c34-21-11-8-18(9-12-21)30(38)29-28(20-4-3-5-22(35)16-20)33(31(39)24-6-1-2-7-25(24)32(33)40)27-15-10-19-17-23(36)13-14-26(19)37(27)29/h1-17,27-29H/t27-,28+,29-/m0/s1. The first-order valence-electron chi connectivity index (χ1n) is 12.8. The summed E-state index contributed by atoms with van der Waals surface area (Å²) in [4.78, 5) is 45.5. The summed E-state index contributed by atoms with van der Waals surface area (Å²) in [6.45, 7) is 0. The lowest BCUT2D eigenvalue weighted by atomic mass is 9.64. The molecule has 0 aromatic heterocycles. The Balaban J connectivity index is 1.55. The number of hydrogen-bond acceptors (Lipinski definition) is 4. The van der Waals surface area contributed by atoms with Gasteiger partial charge in [-0.05, 0) is 60.2 Å². The Bertz CT molecular complexity index is 1750. The third-order valence-corrected chi connectivity index (χ3v) is 8.86. The number of Topliss-reactive ketones (excluding diaryl/α,β-unsaturated/α-hetero) is 3. The Morgan fingerprint density at radius 1 is 0.800 bits per heavy atom. The molecule has 196 valence electrons. The molecular weight excluding hydrogens is 548 g/mol. The Hall–Kier alpha value is -4.06. The SMILES string of the molecule is O=C(c1ccc(Cl)cc1)[C@@H]1[C@@H](c2cccc(Cl)c2)C2(C(=O)c3ccccc3C2=O)[C@@H]2C=Cc3cc(F)ccc3N12. The van der Waals surface area contributed by atoms with Crippen LogP contribution in [0.1, 0.15) is 48.1 Å². The van der Waals surface area contributed by atoms with Gasteiger partial charge >= 0.3 is 0 Å². The van der Waals surface area contributed by atoms with E-state index in [1.807, 2.05) is 4.90 Å². The predicted octanol–water partition coefficient (Wildman–Crippen LogP) is 7.45. The molecule has 1 spiro atoms. The van der Waals surface area contributed by atoms with Crippen LogP contribution in [-0.4, -0.2) is 29.4 Å². The number of anilines is 1. The smallest absolute Gasteiger partial charge is 0.185 e. The summed E-state index contributed by atoms with van der Waals surface area (Å²) < 4.78 is 14.3. The van der Waals surface area contributed by atoms with Crippen LogP contribution in [0.4, 0.5) is 10.1 Å². The fraction of sp³-hybridized carbons (Fsp3) is 0.121. The fourth-order valence-corrected chi connectivity index (χ4v) is 7.13. The number of carbonyl (C=O) groups is 3. The Kier molecular flexibility index (Phi) is 5.60. The number of carbonyl (C=O) groups excluding carboxylic acids is 3. The largest absolute Gasteiger partial charge is 0.352 e. The normalized spacial score (nSPS) is 21.9. The van der Waals surface area contributed by atoms with Gasteiger partial charge in [-0.1, -0.05) is 71.8 Å². The highest BCUT2D eigenvalue weighted by Gasteiger charge is 2.71. The molecule has 3 atom stereocenters. The average Bonchev–Trinajstić information content (AvgIpc) is 3.39. The van der Waals surface area contributed by atoms with Gasteiger partial charge in [-0.3, -0.25) is 14.4 Å². The summed E-state index contributed by atoms with van der Waals surface area (Å²) in [5.74, 6) is -2.29. The maximum absolute atomic E-state index is 14.6. The maximum Gasteiger partial charge on any atom is 0.185 e. The van der Waals surface area contributed by atoms with Crippen LogP contribution in [0.3, 0.4) is 0 Å². The monoisotopic (exact) mass is 567 g/mol. The molecule has 7 rings (SSSR count). The Morgan fingerprint density at radius 3 is 2.17 bits per heavy atom. The summed E-state index contributed by atoms with van der Waals surface area (Å²) in [5.41, 5.74) is 1.12. The van der Waals surface area contributed by atoms with E-state index in [0.717, 1.165) is 0 Å². The molecule has 40 heavy (non-hydrogen) atoms. The molecule has 4 aromatic rings. The van der Waals surface area contributed by atoms with E-state index in [4.69, 9.17) is 23.2 Å². The number of nitrogens with zero attached hydrogens (tertiary/aromatic N) is 1. The van der Waals surface area contributed by atoms with Crippen LogP contribution in [0.15, 0.2) is 97.1 Å². The molecule has 3 aliphatic rings. The van der Waals surface area contributed by atoms with E-state index < -0.39 is 29.2 Å². The molecular formula is C33H20Cl2FNO3. The average molecular weight is 568 g/mol. The van der Waals surface area contributed by atoms with Gasteiger partial charge in [0, 0.05) is 43.9 Å². The molecule has 1 aliphatic carbocycles. The zero-order chi connectivity index (χ0) is 27.8. The van der Waals surface area contributed by atoms with E-state index in [9.17, 15) is 18.8 Å². The Labute approximate surface area is 239 Å². The summed E-state index contributed by atoms with van der Waals surface area (Å²) in [6.07, 6.45) is 3.49. The molecule has 4 nitrogen and oxygen atoms in total. The number of benzene rings is 4. The minimum absolute atomic E-state index is 0.286. The second-order valence-corrected chi connectivity index (χ2v) is 11.2. The molecule has 0 amide bonds. The summed E-state index contributed by atoms with van der Waals surface area (Å²) in [6, 6.07) is 22.8. The first-order valence-corrected chi connectivity index (χ1v) is 13.6. The van der Waals surface area contributed by atoms with E-state index in [-0.39, 0.29) is 17.3 Å². The molecule has 0 saturated carbocycles. The van der Waals surface area contributed by atoms with Crippen molar-refractivity contribution in [3.8, 4) is 0 Å². The lowest BCUT2D eigenvalue weighted by Crippen LogP contribution is -2.48. The van der Waals surface area contributed by atoms with E-state index in [1.165, 1.54) is 12.1 Å².